The van der Waals surface area contributed by atoms with Gasteiger partial charge in [0.25, 0.3) is 0 Å². The molecule has 2 rings (SSSR count). The molecular formula is C14H15F4O3S+. The van der Waals surface area contributed by atoms with Crippen LogP contribution in [0, 0.1) is 6.92 Å². The number of hydrogen-bond acceptors (Lipinski definition) is 3. The maximum absolute atomic E-state index is 12.5. The van der Waals surface area contributed by atoms with Gasteiger partial charge in [0.2, 0.25) is 0 Å². The molecule has 1 aliphatic heterocycles. The standard InChI is InChI=1S/C14H15F4O3S/c1-8-6-10(22-4-2-9(19)3-5-22)7-11(20-13(15)16)12(8)21-14(17)18/h6-7,13-14H,2-5H2,1H3/q+1. The molecule has 0 radical (unpaired) electrons. The summed E-state index contributed by atoms with van der Waals surface area (Å²) in [5.74, 6) is 0.690. The van der Waals surface area contributed by atoms with E-state index in [9.17, 15) is 22.4 Å². The van der Waals surface area contributed by atoms with E-state index in [4.69, 9.17) is 0 Å². The molecule has 8 heteroatoms. The fourth-order valence-electron chi connectivity index (χ4n) is 2.24. The number of hydrogen-bond donors (Lipinski definition) is 0. The van der Waals surface area contributed by atoms with Gasteiger partial charge in [0.1, 0.15) is 17.3 Å². The van der Waals surface area contributed by atoms with E-state index in [1.54, 1.807) is 6.07 Å². The van der Waals surface area contributed by atoms with Crippen LogP contribution in [0.4, 0.5) is 17.6 Å². The number of ether oxygens (including phenoxy) is 2. The third kappa shape index (κ3) is 4.28. The van der Waals surface area contributed by atoms with Crippen LogP contribution in [-0.2, 0) is 15.7 Å². The molecular weight excluding hydrogens is 324 g/mol. The smallest absolute Gasteiger partial charge is 0.387 e. The number of halogens is 4. The Hall–Kier alpha value is -1.44. The molecule has 3 nitrogen and oxygen atoms in total. The minimum absolute atomic E-state index is 0.183. The van der Waals surface area contributed by atoms with Crippen LogP contribution in [0.1, 0.15) is 18.4 Å². The van der Waals surface area contributed by atoms with Gasteiger partial charge in [-0.3, -0.25) is 4.79 Å². The van der Waals surface area contributed by atoms with Crippen molar-refractivity contribution in [1.29, 1.82) is 0 Å². The van der Waals surface area contributed by atoms with Gasteiger partial charge in [-0.2, -0.15) is 17.6 Å². The average Bonchev–Trinajstić information content (AvgIpc) is 2.42. The van der Waals surface area contributed by atoms with Gasteiger partial charge in [0.05, 0.1) is 12.8 Å². The zero-order valence-corrected chi connectivity index (χ0v) is 12.6. The summed E-state index contributed by atoms with van der Waals surface area (Å²) < 4.78 is 58.4. The molecule has 1 fully saturated rings. The summed E-state index contributed by atoms with van der Waals surface area (Å²) in [5, 5.41) is 0. The van der Waals surface area contributed by atoms with Crippen LogP contribution < -0.4 is 9.47 Å². The molecule has 0 aliphatic carbocycles. The molecule has 0 atom stereocenters. The predicted molar refractivity (Wildman–Crippen MR) is 74.0 cm³/mol. The fourth-order valence-corrected chi connectivity index (χ4v) is 4.48. The Bertz CT molecular complexity index is 541. The monoisotopic (exact) mass is 339 g/mol. The Morgan fingerprint density at radius 2 is 1.64 bits per heavy atom. The first-order chi connectivity index (χ1) is 10.4. The highest BCUT2D eigenvalue weighted by atomic mass is 32.2. The molecule has 0 amide bonds. The zero-order valence-electron chi connectivity index (χ0n) is 11.8. The van der Waals surface area contributed by atoms with Gasteiger partial charge in [-0.15, -0.1) is 0 Å². The number of Topliss-reactive ketones (excluding diaryl/α,β-unsaturated/α-hetero) is 1. The zero-order chi connectivity index (χ0) is 16.3. The van der Waals surface area contributed by atoms with Gasteiger partial charge in [-0.25, -0.2) is 0 Å². The number of benzene rings is 1. The number of carbonyl (C=O) groups is 1. The highest BCUT2D eigenvalue weighted by Gasteiger charge is 2.31. The quantitative estimate of drug-likeness (QED) is 0.608. The van der Waals surface area contributed by atoms with E-state index in [0.717, 1.165) is 4.90 Å². The first kappa shape index (κ1) is 16.9. The van der Waals surface area contributed by atoms with E-state index >= 15 is 0 Å². The topological polar surface area (TPSA) is 35.5 Å². The molecule has 0 saturated carbocycles. The van der Waals surface area contributed by atoms with E-state index < -0.39 is 19.0 Å². The van der Waals surface area contributed by atoms with Crippen LogP contribution in [0.15, 0.2) is 17.0 Å². The van der Waals surface area contributed by atoms with E-state index in [1.165, 1.54) is 13.0 Å². The minimum Gasteiger partial charge on any atom is -0.431 e. The second-order valence-electron chi connectivity index (χ2n) is 4.76. The Balaban J connectivity index is 2.32. The van der Waals surface area contributed by atoms with Crippen LogP contribution >= 0.6 is 0 Å². The molecule has 0 spiro atoms. The Labute approximate surface area is 127 Å². The minimum atomic E-state index is -3.13. The molecule has 22 heavy (non-hydrogen) atoms. The van der Waals surface area contributed by atoms with Crippen molar-refractivity contribution in [2.75, 3.05) is 11.5 Å². The number of ketones is 1. The lowest BCUT2D eigenvalue weighted by molar-refractivity contribution is -0.118. The molecule has 1 saturated heterocycles. The van der Waals surface area contributed by atoms with Crippen molar-refractivity contribution in [2.45, 2.75) is 37.9 Å². The van der Waals surface area contributed by atoms with E-state index in [-0.39, 0.29) is 22.4 Å². The Morgan fingerprint density at radius 1 is 1.05 bits per heavy atom. The van der Waals surface area contributed by atoms with Crippen molar-refractivity contribution in [3.05, 3.63) is 17.7 Å². The second kappa shape index (κ2) is 7.21. The van der Waals surface area contributed by atoms with Crippen LogP contribution in [0.2, 0.25) is 0 Å². The number of alkyl halides is 4. The summed E-state index contributed by atoms with van der Waals surface area (Å²) >= 11 is 0. The fraction of sp³-hybridized carbons (Fsp3) is 0.500. The highest BCUT2D eigenvalue weighted by molar-refractivity contribution is 7.97. The lowest BCUT2D eigenvalue weighted by Gasteiger charge is -2.17. The van der Waals surface area contributed by atoms with Gasteiger partial charge < -0.3 is 9.47 Å². The Morgan fingerprint density at radius 3 is 2.18 bits per heavy atom. The molecule has 0 unspecified atom stereocenters. The molecule has 0 bridgehead atoms. The van der Waals surface area contributed by atoms with Crippen LogP contribution in [0.25, 0.3) is 0 Å². The highest BCUT2D eigenvalue weighted by Crippen LogP contribution is 2.37. The molecule has 0 aromatic heterocycles. The Kier molecular flexibility index (Phi) is 5.55. The molecule has 122 valence electrons. The van der Waals surface area contributed by atoms with Gasteiger partial charge in [-0.1, -0.05) is 0 Å². The third-order valence-electron chi connectivity index (χ3n) is 3.22. The molecule has 1 aliphatic rings. The maximum atomic E-state index is 12.5. The number of carbonyl (C=O) groups excluding carboxylic acids is 1. The SMILES string of the molecule is Cc1cc([S+]2CCC(=O)CC2)cc(OC(F)F)c1OC(F)F. The summed E-state index contributed by atoms with van der Waals surface area (Å²) in [6.45, 7) is -4.76. The maximum Gasteiger partial charge on any atom is 0.387 e. The summed E-state index contributed by atoms with van der Waals surface area (Å²) in [6.07, 6.45) is 0.894. The largest absolute Gasteiger partial charge is 0.431 e. The van der Waals surface area contributed by atoms with Crippen molar-refractivity contribution in [3.8, 4) is 11.5 Å². The van der Waals surface area contributed by atoms with Gasteiger partial charge in [0, 0.05) is 28.6 Å². The number of rotatable bonds is 5. The first-order valence-electron chi connectivity index (χ1n) is 6.60. The van der Waals surface area contributed by atoms with Gasteiger partial charge in [-0.05, 0) is 6.92 Å². The summed E-state index contributed by atoms with van der Waals surface area (Å²) in [7, 11) is -0.274. The first-order valence-corrected chi connectivity index (χ1v) is 8.16. The van der Waals surface area contributed by atoms with Crippen LogP contribution in [0.3, 0.4) is 0 Å². The molecule has 1 aromatic carbocycles. The van der Waals surface area contributed by atoms with Crippen molar-refractivity contribution in [2.24, 2.45) is 0 Å². The van der Waals surface area contributed by atoms with Gasteiger partial charge >= 0.3 is 13.2 Å². The van der Waals surface area contributed by atoms with Crippen LogP contribution in [-0.4, -0.2) is 30.5 Å². The van der Waals surface area contributed by atoms with Crippen molar-refractivity contribution in [3.63, 3.8) is 0 Å². The summed E-state index contributed by atoms with van der Waals surface area (Å²) in [4.78, 5) is 12.0. The van der Waals surface area contributed by atoms with E-state index in [2.05, 4.69) is 9.47 Å². The predicted octanol–water partition coefficient (Wildman–Crippen LogP) is 3.54. The van der Waals surface area contributed by atoms with E-state index in [0.29, 0.717) is 29.9 Å². The normalized spacial score (nSPS) is 16.4. The third-order valence-corrected chi connectivity index (χ3v) is 5.52. The van der Waals surface area contributed by atoms with Gasteiger partial charge in [0.15, 0.2) is 16.4 Å². The van der Waals surface area contributed by atoms with Crippen LogP contribution in [0.5, 0.6) is 11.5 Å². The lowest BCUT2D eigenvalue weighted by atomic mass is 10.2. The summed E-state index contributed by atoms with van der Waals surface area (Å²) in [5.41, 5.74) is 0.304. The average molecular weight is 339 g/mol. The molecule has 0 N–H and O–H groups in total. The summed E-state index contributed by atoms with van der Waals surface area (Å²) in [6, 6.07) is 2.95. The molecule has 1 aromatic rings. The van der Waals surface area contributed by atoms with Crippen molar-refractivity contribution < 1.29 is 31.8 Å². The second-order valence-corrected chi connectivity index (χ2v) is 7.04. The van der Waals surface area contributed by atoms with Crippen molar-refractivity contribution in [1.82, 2.24) is 0 Å². The molecule has 1 heterocycles. The number of aryl methyl sites for hydroxylation is 1. The van der Waals surface area contributed by atoms with E-state index in [1.807, 2.05) is 0 Å². The van der Waals surface area contributed by atoms with Crippen molar-refractivity contribution >= 4 is 16.7 Å². The lowest BCUT2D eigenvalue weighted by Crippen LogP contribution is -2.24.